The van der Waals surface area contributed by atoms with E-state index in [1.165, 1.54) is 17.0 Å². The van der Waals surface area contributed by atoms with Crippen molar-refractivity contribution in [3.05, 3.63) is 50.7 Å². The molecule has 2 rings (SSSR count). The summed E-state index contributed by atoms with van der Waals surface area (Å²) in [7, 11) is 0. The summed E-state index contributed by atoms with van der Waals surface area (Å²) in [6, 6.07) is 4.55. The number of benzene rings is 1. The fourth-order valence-electron chi connectivity index (χ4n) is 1.53. The molecule has 1 heterocycles. The molecule has 0 fully saturated rings. The number of hydrogen-bond acceptors (Lipinski definition) is 3. The molecule has 0 unspecified atom stereocenters. The molecule has 17 heavy (non-hydrogen) atoms. The van der Waals surface area contributed by atoms with Gasteiger partial charge < -0.3 is 5.32 Å². The van der Waals surface area contributed by atoms with Crippen LogP contribution >= 0.6 is 22.9 Å². The van der Waals surface area contributed by atoms with Crippen molar-refractivity contribution in [2.24, 2.45) is 0 Å². The monoisotopic (exact) mass is 270 g/mol. The highest BCUT2D eigenvalue weighted by Crippen LogP contribution is 2.15. The van der Waals surface area contributed by atoms with Crippen molar-refractivity contribution < 1.29 is 4.39 Å². The first-order chi connectivity index (χ1) is 8.15. The maximum atomic E-state index is 13.1. The Morgan fingerprint density at radius 2 is 2.18 bits per heavy atom. The lowest BCUT2D eigenvalue weighted by molar-refractivity contribution is 0.620. The first-order valence-electron chi connectivity index (χ1n) is 5.20. The number of halogens is 2. The maximum Gasteiger partial charge on any atom is 0.125 e. The largest absolute Gasteiger partial charge is 0.308 e. The predicted octanol–water partition coefficient (Wildman–Crippen LogP) is 3.53. The summed E-state index contributed by atoms with van der Waals surface area (Å²) >= 11 is 7.40. The number of nitrogens with zero attached hydrogens (tertiary/aromatic N) is 1. The van der Waals surface area contributed by atoms with Crippen LogP contribution < -0.4 is 5.32 Å². The number of rotatable bonds is 4. The van der Waals surface area contributed by atoms with Crippen LogP contribution in [0.3, 0.4) is 0 Å². The summed E-state index contributed by atoms with van der Waals surface area (Å²) in [5.41, 5.74) is 3.71. The standard InChI is InChI=1S/C12H12ClFN2S/c1-8-12(17-7-16-8)6-15-5-9-2-10(13)4-11(14)3-9/h2-4,7,15H,5-6H2,1H3. The zero-order valence-electron chi connectivity index (χ0n) is 9.34. The summed E-state index contributed by atoms with van der Waals surface area (Å²) < 4.78 is 13.1. The van der Waals surface area contributed by atoms with Crippen molar-refractivity contribution in [3.63, 3.8) is 0 Å². The van der Waals surface area contributed by atoms with Gasteiger partial charge in [0.15, 0.2) is 0 Å². The molecule has 0 spiro atoms. The van der Waals surface area contributed by atoms with Crippen LogP contribution in [0, 0.1) is 12.7 Å². The van der Waals surface area contributed by atoms with Gasteiger partial charge in [-0.05, 0) is 30.7 Å². The van der Waals surface area contributed by atoms with Crippen LogP contribution in [-0.4, -0.2) is 4.98 Å². The summed E-state index contributed by atoms with van der Waals surface area (Å²) in [5, 5.41) is 3.67. The van der Waals surface area contributed by atoms with E-state index in [9.17, 15) is 4.39 Å². The molecule has 5 heteroatoms. The molecule has 0 atom stereocenters. The highest BCUT2D eigenvalue weighted by atomic mass is 35.5. The average molecular weight is 271 g/mol. The molecule has 1 aromatic heterocycles. The second kappa shape index (κ2) is 5.58. The normalized spacial score (nSPS) is 10.8. The Bertz CT molecular complexity index is 493. The van der Waals surface area contributed by atoms with E-state index >= 15 is 0 Å². The molecule has 0 saturated heterocycles. The van der Waals surface area contributed by atoms with E-state index in [4.69, 9.17) is 11.6 Å². The van der Waals surface area contributed by atoms with Gasteiger partial charge in [-0.2, -0.15) is 0 Å². The van der Waals surface area contributed by atoms with Gasteiger partial charge in [0.1, 0.15) is 5.82 Å². The highest BCUT2D eigenvalue weighted by molar-refractivity contribution is 7.09. The van der Waals surface area contributed by atoms with Crippen LogP contribution in [-0.2, 0) is 13.1 Å². The smallest absolute Gasteiger partial charge is 0.125 e. The zero-order valence-corrected chi connectivity index (χ0v) is 10.9. The van der Waals surface area contributed by atoms with E-state index in [-0.39, 0.29) is 5.82 Å². The first kappa shape index (κ1) is 12.5. The number of nitrogens with one attached hydrogen (secondary N) is 1. The maximum absolute atomic E-state index is 13.1. The van der Waals surface area contributed by atoms with Crippen LogP contribution in [0.4, 0.5) is 4.39 Å². The average Bonchev–Trinajstić information content (AvgIpc) is 2.63. The van der Waals surface area contributed by atoms with Gasteiger partial charge in [-0.1, -0.05) is 11.6 Å². The molecule has 0 radical (unpaired) electrons. The van der Waals surface area contributed by atoms with Gasteiger partial charge in [-0.3, -0.25) is 0 Å². The van der Waals surface area contributed by atoms with E-state index in [0.29, 0.717) is 11.6 Å². The molecule has 2 nitrogen and oxygen atoms in total. The minimum atomic E-state index is -0.303. The van der Waals surface area contributed by atoms with Crippen molar-refractivity contribution in [2.75, 3.05) is 0 Å². The fourth-order valence-corrected chi connectivity index (χ4v) is 2.52. The van der Waals surface area contributed by atoms with E-state index in [0.717, 1.165) is 17.8 Å². The molecule has 1 aromatic carbocycles. The molecule has 0 aliphatic carbocycles. The van der Waals surface area contributed by atoms with Crippen LogP contribution in [0.15, 0.2) is 23.7 Å². The quantitative estimate of drug-likeness (QED) is 0.919. The lowest BCUT2D eigenvalue weighted by atomic mass is 10.2. The van der Waals surface area contributed by atoms with E-state index < -0.39 is 0 Å². The Balaban J connectivity index is 1.92. The van der Waals surface area contributed by atoms with E-state index in [1.807, 2.05) is 12.4 Å². The van der Waals surface area contributed by atoms with Crippen molar-refractivity contribution in [1.82, 2.24) is 10.3 Å². The lowest BCUT2D eigenvalue weighted by Gasteiger charge is -2.05. The zero-order chi connectivity index (χ0) is 12.3. The summed E-state index contributed by atoms with van der Waals surface area (Å²) in [6.07, 6.45) is 0. The minimum absolute atomic E-state index is 0.303. The summed E-state index contributed by atoms with van der Waals surface area (Å²) in [4.78, 5) is 5.37. The number of aryl methyl sites for hydroxylation is 1. The third kappa shape index (κ3) is 3.49. The lowest BCUT2D eigenvalue weighted by Crippen LogP contribution is -2.12. The summed E-state index contributed by atoms with van der Waals surface area (Å²) in [6.45, 7) is 3.31. The second-order valence-corrected chi connectivity index (χ2v) is 5.12. The third-order valence-electron chi connectivity index (χ3n) is 2.38. The Kier molecular flexibility index (Phi) is 4.10. The third-order valence-corrected chi connectivity index (χ3v) is 3.54. The molecule has 0 amide bonds. The van der Waals surface area contributed by atoms with Gasteiger partial charge in [0, 0.05) is 23.0 Å². The minimum Gasteiger partial charge on any atom is -0.308 e. The number of hydrogen-bond donors (Lipinski definition) is 1. The van der Waals surface area contributed by atoms with Gasteiger partial charge in [0.05, 0.1) is 11.2 Å². The number of aromatic nitrogens is 1. The topological polar surface area (TPSA) is 24.9 Å². The van der Waals surface area contributed by atoms with Crippen molar-refractivity contribution in [3.8, 4) is 0 Å². The Morgan fingerprint density at radius 1 is 1.35 bits per heavy atom. The van der Waals surface area contributed by atoms with Gasteiger partial charge >= 0.3 is 0 Å². The first-order valence-corrected chi connectivity index (χ1v) is 6.45. The number of thiazole rings is 1. The van der Waals surface area contributed by atoms with Gasteiger partial charge in [0.25, 0.3) is 0 Å². The molecule has 1 N–H and O–H groups in total. The van der Waals surface area contributed by atoms with Crippen molar-refractivity contribution >= 4 is 22.9 Å². The van der Waals surface area contributed by atoms with Gasteiger partial charge in [-0.15, -0.1) is 11.3 Å². The van der Waals surface area contributed by atoms with Crippen molar-refractivity contribution in [2.45, 2.75) is 20.0 Å². The molecule has 0 aliphatic rings. The SMILES string of the molecule is Cc1ncsc1CNCc1cc(F)cc(Cl)c1. The Hall–Kier alpha value is -0.970. The molecule has 2 aromatic rings. The highest BCUT2D eigenvalue weighted by Gasteiger charge is 2.02. The van der Waals surface area contributed by atoms with Gasteiger partial charge in [0.2, 0.25) is 0 Å². The predicted molar refractivity (Wildman–Crippen MR) is 68.8 cm³/mol. The molecular formula is C12H12ClFN2S. The molecule has 0 saturated carbocycles. The van der Waals surface area contributed by atoms with Gasteiger partial charge in [-0.25, -0.2) is 9.37 Å². The van der Waals surface area contributed by atoms with Crippen LogP contribution in [0.25, 0.3) is 0 Å². The second-order valence-electron chi connectivity index (χ2n) is 3.74. The van der Waals surface area contributed by atoms with Crippen molar-refractivity contribution in [1.29, 1.82) is 0 Å². The summed E-state index contributed by atoms with van der Waals surface area (Å²) in [5.74, 6) is -0.303. The van der Waals surface area contributed by atoms with Crippen LogP contribution in [0.1, 0.15) is 16.1 Å². The molecule has 0 aliphatic heterocycles. The Labute approximate surface area is 108 Å². The van der Waals surface area contributed by atoms with Crippen LogP contribution in [0.2, 0.25) is 5.02 Å². The molecular weight excluding hydrogens is 259 g/mol. The fraction of sp³-hybridized carbons (Fsp3) is 0.250. The molecule has 90 valence electrons. The Morgan fingerprint density at radius 3 is 2.82 bits per heavy atom. The molecule has 0 bridgehead atoms. The van der Waals surface area contributed by atoms with E-state index in [1.54, 1.807) is 17.4 Å². The van der Waals surface area contributed by atoms with E-state index in [2.05, 4.69) is 10.3 Å². The van der Waals surface area contributed by atoms with Crippen LogP contribution in [0.5, 0.6) is 0 Å².